The molecule has 0 bridgehead atoms. The van der Waals surface area contributed by atoms with E-state index in [0.29, 0.717) is 16.5 Å². The first kappa shape index (κ1) is 15.7. The summed E-state index contributed by atoms with van der Waals surface area (Å²) in [4.78, 5) is 0. The quantitative estimate of drug-likeness (QED) is 0.855. The zero-order valence-electron chi connectivity index (χ0n) is 13.3. The Morgan fingerprint density at radius 2 is 2.10 bits per heavy atom. The van der Waals surface area contributed by atoms with Crippen LogP contribution in [0.4, 0.5) is 0 Å². The van der Waals surface area contributed by atoms with Crippen LogP contribution in [0.15, 0.2) is 18.2 Å². The van der Waals surface area contributed by atoms with E-state index in [2.05, 4.69) is 63.0 Å². The molecule has 2 nitrogen and oxygen atoms in total. The van der Waals surface area contributed by atoms with Gasteiger partial charge in [0.05, 0.1) is 7.11 Å². The summed E-state index contributed by atoms with van der Waals surface area (Å²) >= 11 is 2.13. The zero-order valence-corrected chi connectivity index (χ0v) is 14.1. The number of benzene rings is 1. The van der Waals surface area contributed by atoms with Gasteiger partial charge in [0.25, 0.3) is 0 Å². The fraction of sp³-hybridized carbons (Fsp3) is 0.647. The van der Waals surface area contributed by atoms with Gasteiger partial charge in [0.2, 0.25) is 0 Å². The Morgan fingerprint density at radius 1 is 1.35 bits per heavy atom. The predicted molar refractivity (Wildman–Crippen MR) is 88.8 cm³/mol. The number of hydrogen-bond donors (Lipinski definition) is 1. The highest BCUT2D eigenvalue weighted by Crippen LogP contribution is 2.42. The lowest BCUT2D eigenvalue weighted by molar-refractivity contribution is 0.413. The van der Waals surface area contributed by atoms with Crippen LogP contribution in [0.1, 0.15) is 44.9 Å². The fourth-order valence-electron chi connectivity index (χ4n) is 2.73. The van der Waals surface area contributed by atoms with Crippen molar-refractivity contribution in [2.45, 2.75) is 50.7 Å². The SMILES string of the molecule is CCNC1c2cc(OC)ccc2CC1SC(C)C(C)C. The van der Waals surface area contributed by atoms with Crippen molar-refractivity contribution in [2.75, 3.05) is 13.7 Å². The average Bonchev–Trinajstić information content (AvgIpc) is 2.76. The van der Waals surface area contributed by atoms with Crippen molar-refractivity contribution in [3.63, 3.8) is 0 Å². The summed E-state index contributed by atoms with van der Waals surface area (Å²) in [7, 11) is 1.74. The Balaban J connectivity index is 2.20. The molecule has 3 atom stereocenters. The van der Waals surface area contributed by atoms with Crippen molar-refractivity contribution >= 4 is 11.8 Å². The molecule has 0 heterocycles. The summed E-state index contributed by atoms with van der Waals surface area (Å²) < 4.78 is 5.39. The van der Waals surface area contributed by atoms with E-state index in [1.54, 1.807) is 7.11 Å². The third kappa shape index (κ3) is 3.32. The van der Waals surface area contributed by atoms with Crippen molar-refractivity contribution in [2.24, 2.45) is 5.92 Å². The van der Waals surface area contributed by atoms with E-state index < -0.39 is 0 Å². The van der Waals surface area contributed by atoms with Crippen molar-refractivity contribution < 1.29 is 4.74 Å². The summed E-state index contributed by atoms with van der Waals surface area (Å²) in [5.41, 5.74) is 2.91. The molecule has 1 aliphatic carbocycles. The van der Waals surface area contributed by atoms with Crippen LogP contribution in [-0.4, -0.2) is 24.2 Å². The largest absolute Gasteiger partial charge is 0.497 e. The number of methoxy groups -OCH3 is 1. The summed E-state index contributed by atoms with van der Waals surface area (Å²) in [5.74, 6) is 1.69. The highest BCUT2D eigenvalue weighted by molar-refractivity contribution is 8.00. The maximum absolute atomic E-state index is 5.39. The average molecular weight is 293 g/mol. The molecule has 0 fully saturated rings. The van der Waals surface area contributed by atoms with Crippen LogP contribution in [0, 0.1) is 5.92 Å². The van der Waals surface area contributed by atoms with Gasteiger partial charge in [-0.15, -0.1) is 0 Å². The molecule has 0 saturated heterocycles. The minimum Gasteiger partial charge on any atom is -0.497 e. The van der Waals surface area contributed by atoms with Crippen LogP contribution in [0.2, 0.25) is 0 Å². The first-order valence-electron chi connectivity index (χ1n) is 7.62. The van der Waals surface area contributed by atoms with Crippen molar-refractivity contribution in [1.82, 2.24) is 5.32 Å². The summed E-state index contributed by atoms with van der Waals surface area (Å²) in [6.45, 7) is 10.2. The molecule has 1 aromatic carbocycles. The summed E-state index contributed by atoms with van der Waals surface area (Å²) in [6.07, 6.45) is 1.17. The maximum Gasteiger partial charge on any atom is 0.119 e. The van der Waals surface area contributed by atoms with Crippen LogP contribution in [0.3, 0.4) is 0 Å². The summed E-state index contributed by atoms with van der Waals surface area (Å²) in [6, 6.07) is 6.99. The van der Waals surface area contributed by atoms with Gasteiger partial charge in [-0.3, -0.25) is 0 Å². The highest BCUT2D eigenvalue weighted by Gasteiger charge is 2.34. The van der Waals surface area contributed by atoms with Crippen LogP contribution in [0.5, 0.6) is 5.75 Å². The number of nitrogens with one attached hydrogen (secondary N) is 1. The molecule has 0 radical (unpaired) electrons. The van der Waals surface area contributed by atoms with E-state index in [4.69, 9.17) is 4.74 Å². The smallest absolute Gasteiger partial charge is 0.119 e. The van der Waals surface area contributed by atoms with Gasteiger partial charge in [0, 0.05) is 16.5 Å². The highest BCUT2D eigenvalue weighted by atomic mass is 32.2. The van der Waals surface area contributed by atoms with Gasteiger partial charge in [-0.05, 0) is 42.1 Å². The number of ether oxygens (including phenoxy) is 1. The topological polar surface area (TPSA) is 21.3 Å². The van der Waals surface area contributed by atoms with E-state index in [-0.39, 0.29) is 0 Å². The molecule has 0 saturated carbocycles. The van der Waals surface area contributed by atoms with Crippen molar-refractivity contribution in [1.29, 1.82) is 0 Å². The number of fused-ring (bicyclic) bond motifs is 1. The lowest BCUT2D eigenvalue weighted by atomic mass is 10.1. The third-order valence-electron chi connectivity index (χ3n) is 4.23. The van der Waals surface area contributed by atoms with Crippen LogP contribution in [0.25, 0.3) is 0 Å². The minimum atomic E-state index is 0.455. The first-order valence-corrected chi connectivity index (χ1v) is 8.56. The Kier molecular flexibility index (Phi) is 5.39. The molecule has 1 aromatic rings. The van der Waals surface area contributed by atoms with E-state index in [0.717, 1.165) is 18.2 Å². The van der Waals surface area contributed by atoms with Crippen LogP contribution in [-0.2, 0) is 6.42 Å². The van der Waals surface area contributed by atoms with Gasteiger partial charge >= 0.3 is 0 Å². The van der Waals surface area contributed by atoms with Gasteiger partial charge in [0.15, 0.2) is 0 Å². The molecule has 3 unspecified atom stereocenters. The van der Waals surface area contributed by atoms with Gasteiger partial charge in [-0.1, -0.05) is 33.8 Å². The lowest BCUT2D eigenvalue weighted by Crippen LogP contribution is -2.28. The fourth-order valence-corrected chi connectivity index (χ4v) is 4.27. The molecule has 3 heteroatoms. The molecular weight excluding hydrogens is 266 g/mol. The second kappa shape index (κ2) is 6.86. The zero-order chi connectivity index (χ0) is 14.7. The molecule has 1 N–H and O–H groups in total. The molecule has 112 valence electrons. The maximum atomic E-state index is 5.39. The Labute approximate surface area is 127 Å². The lowest BCUT2D eigenvalue weighted by Gasteiger charge is -2.25. The van der Waals surface area contributed by atoms with Crippen molar-refractivity contribution in [3.8, 4) is 5.75 Å². The molecule has 20 heavy (non-hydrogen) atoms. The van der Waals surface area contributed by atoms with Gasteiger partial charge in [-0.2, -0.15) is 11.8 Å². The number of hydrogen-bond acceptors (Lipinski definition) is 3. The van der Waals surface area contributed by atoms with E-state index >= 15 is 0 Å². The monoisotopic (exact) mass is 293 g/mol. The van der Waals surface area contributed by atoms with Crippen LogP contribution < -0.4 is 10.1 Å². The van der Waals surface area contributed by atoms with Gasteiger partial charge in [0.1, 0.15) is 5.75 Å². The normalized spacial score (nSPS) is 22.9. The molecular formula is C17H27NOS. The minimum absolute atomic E-state index is 0.455. The molecule has 0 spiro atoms. The Bertz CT molecular complexity index is 447. The molecule has 0 aromatic heterocycles. The number of rotatable bonds is 6. The van der Waals surface area contributed by atoms with E-state index in [1.165, 1.54) is 17.5 Å². The van der Waals surface area contributed by atoms with Gasteiger partial charge < -0.3 is 10.1 Å². The molecule has 2 rings (SSSR count). The molecule has 0 amide bonds. The van der Waals surface area contributed by atoms with Gasteiger partial charge in [-0.25, -0.2) is 0 Å². The third-order valence-corrected chi connectivity index (χ3v) is 6.00. The predicted octanol–water partition coefficient (Wildman–Crippen LogP) is 4.05. The number of thioether (sulfide) groups is 1. The first-order chi connectivity index (χ1) is 9.56. The van der Waals surface area contributed by atoms with E-state index in [9.17, 15) is 0 Å². The van der Waals surface area contributed by atoms with Crippen LogP contribution >= 0.6 is 11.8 Å². The Hall–Kier alpha value is -0.670. The molecule has 0 aliphatic heterocycles. The standard InChI is InChI=1S/C17H27NOS/c1-6-18-17-15-10-14(19-5)8-7-13(15)9-16(17)20-12(4)11(2)3/h7-8,10-12,16-18H,6,9H2,1-5H3. The van der Waals surface area contributed by atoms with E-state index in [1.807, 2.05) is 0 Å². The Morgan fingerprint density at radius 3 is 2.70 bits per heavy atom. The van der Waals surface area contributed by atoms with Crippen molar-refractivity contribution in [3.05, 3.63) is 29.3 Å². The second-order valence-electron chi connectivity index (χ2n) is 5.93. The molecule has 1 aliphatic rings. The second-order valence-corrected chi connectivity index (χ2v) is 7.55. The summed E-state index contributed by atoms with van der Waals surface area (Å²) in [5, 5.41) is 5.00.